The van der Waals surface area contributed by atoms with Crippen molar-refractivity contribution in [1.29, 1.82) is 0 Å². The first-order valence-corrected chi connectivity index (χ1v) is 9.98. The van der Waals surface area contributed by atoms with Gasteiger partial charge in [0.15, 0.2) is 0 Å². The lowest BCUT2D eigenvalue weighted by molar-refractivity contribution is -0.122. The lowest BCUT2D eigenvalue weighted by atomic mass is 9.96. The van der Waals surface area contributed by atoms with Crippen LogP contribution in [0.5, 0.6) is 0 Å². The summed E-state index contributed by atoms with van der Waals surface area (Å²) in [6, 6.07) is 10.3. The summed E-state index contributed by atoms with van der Waals surface area (Å²) in [6.45, 7) is 7.86. The zero-order valence-corrected chi connectivity index (χ0v) is 16.3. The van der Waals surface area contributed by atoms with E-state index in [1.54, 1.807) is 0 Å². The summed E-state index contributed by atoms with van der Waals surface area (Å²) in [5.74, 6) is 2.70. The van der Waals surface area contributed by atoms with Crippen LogP contribution in [-0.4, -0.2) is 36.5 Å². The summed E-state index contributed by atoms with van der Waals surface area (Å²) >= 11 is 0. The molecule has 0 bridgehead atoms. The summed E-state index contributed by atoms with van der Waals surface area (Å²) < 4.78 is 5.68. The van der Waals surface area contributed by atoms with E-state index in [4.69, 9.17) is 4.42 Å². The molecule has 2 N–H and O–H groups in total. The number of anilines is 1. The molecule has 2 aliphatic heterocycles. The highest BCUT2D eigenvalue weighted by Crippen LogP contribution is 2.27. The molecule has 144 valence electrons. The Morgan fingerprint density at radius 1 is 1.22 bits per heavy atom. The molecule has 0 unspecified atom stereocenters. The van der Waals surface area contributed by atoms with Crippen LogP contribution in [-0.2, 0) is 17.8 Å². The number of rotatable bonds is 5. The number of piperidine rings is 1. The van der Waals surface area contributed by atoms with Crippen LogP contribution in [0, 0.1) is 19.8 Å². The van der Waals surface area contributed by atoms with Crippen LogP contribution in [0.3, 0.4) is 0 Å². The molecule has 0 spiro atoms. The van der Waals surface area contributed by atoms with Crippen molar-refractivity contribution in [2.45, 2.75) is 45.7 Å². The molecule has 0 saturated carbocycles. The monoisotopic (exact) mass is 367 g/mol. The van der Waals surface area contributed by atoms with Gasteiger partial charge in [0.1, 0.15) is 17.6 Å². The van der Waals surface area contributed by atoms with Gasteiger partial charge in [0.25, 0.3) is 0 Å². The molecule has 2 aromatic rings. The van der Waals surface area contributed by atoms with Crippen molar-refractivity contribution in [3.8, 4) is 0 Å². The van der Waals surface area contributed by atoms with Crippen LogP contribution in [0.1, 0.15) is 35.5 Å². The number of likely N-dealkylation sites (tertiary alicyclic amines) is 1. The van der Waals surface area contributed by atoms with Crippen molar-refractivity contribution in [3.63, 3.8) is 0 Å². The van der Waals surface area contributed by atoms with E-state index < -0.39 is 0 Å². The Morgan fingerprint density at radius 3 is 2.78 bits per heavy atom. The molecular weight excluding hydrogens is 338 g/mol. The summed E-state index contributed by atoms with van der Waals surface area (Å²) in [7, 11) is 0. The third-order valence-corrected chi connectivity index (χ3v) is 5.78. The Kier molecular flexibility index (Phi) is 5.21. The Bertz CT molecular complexity index is 806. The smallest absolute Gasteiger partial charge is 0.242 e. The molecule has 1 aromatic heterocycles. The number of amides is 1. The maximum atomic E-state index is 12.6. The van der Waals surface area contributed by atoms with E-state index in [-0.39, 0.29) is 11.9 Å². The quantitative estimate of drug-likeness (QED) is 0.852. The van der Waals surface area contributed by atoms with Crippen LogP contribution in [0.2, 0.25) is 0 Å². The van der Waals surface area contributed by atoms with Gasteiger partial charge in [0.05, 0.1) is 6.54 Å². The highest BCUT2D eigenvalue weighted by atomic mass is 16.3. The molecule has 0 aliphatic carbocycles. The molecule has 2 aliphatic rings. The molecule has 4 rings (SSSR count). The summed E-state index contributed by atoms with van der Waals surface area (Å²) in [6.07, 6.45) is 3.03. The molecule has 5 heteroatoms. The molecule has 1 fully saturated rings. The number of carbonyl (C=O) groups is 1. The summed E-state index contributed by atoms with van der Waals surface area (Å²) in [5.41, 5.74) is 3.59. The van der Waals surface area contributed by atoms with Gasteiger partial charge >= 0.3 is 0 Å². The number of hydrogen-bond donors (Lipinski definition) is 2. The van der Waals surface area contributed by atoms with Gasteiger partial charge in [0.2, 0.25) is 5.91 Å². The molecular formula is C22H29N3O2. The number of carbonyl (C=O) groups excluding carboxylic acids is 1. The van der Waals surface area contributed by atoms with Gasteiger partial charge in [-0.05, 0) is 69.5 Å². The van der Waals surface area contributed by atoms with Gasteiger partial charge in [-0.2, -0.15) is 0 Å². The fraction of sp³-hybridized carbons (Fsp3) is 0.500. The fourth-order valence-electron chi connectivity index (χ4n) is 4.16. The van der Waals surface area contributed by atoms with E-state index in [1.807, 2.05) is 13.0 Å². The van der Waals surface area contributed by atoms with Crippen molar-refractivity contribution < 1.29 is 9.21 Å². The van der Waals surface area contributed by atoms with Crippen molar-refractivity contribution >= 4 is 11.6 Å². The zero-order chi connectivity index (χ0) is 18.8. The van der Waals surface area contributed by atoms with E-state index in [2.05, 4.69) is 46.7 Å². The second kappa shape index (κ2) is 7.77. The van der Waals surface area contributed by atoms with Crippen LogP contribution in [0.25, 0.3) is 0 Å². The largest absolute Gasteiger partial charge is 0.465 e. The van der Waals surface area contributed by atoms with E-state index in [1.165, 1.54) is 11.1 Å². The first-order chi connectivity index (χ1) is 13.1. The molecule has 1 saturated heterocycles. The average Bonchev–Trinajstić information content (AvgIpc) is 3.26. The second-order valence-corrected chi connectivity index (χ2v) is 8.04. The third kappa shape index (κ3) is 4.35. The van der Waals surface area contributed by atoms with Gasteiger partial charge in [-0.15, -0.1) is 0 Å². The number of aryl methyl sites for hydroxylation is 2. The number of hydrogen-bond acceptors (Lipinski definition) is 4. The van der Waals surface area contributed by atoms with Crippen molar-refractivity contribution in [2.24, 2.45) is 5.92 Å². The molecule has 1 atom stereocenters. The number of furan rings is 1. The Balaban J connectivity index is 1.19. The number of nitrogens with one attached hydrogen (secondary N) is 2. The topological polar surface area (TPSA) is 57.5 Å². The van der Waals surface area contributed by atoms with Gasteiger partial charge in [-0.25, -0.2) is 0 Å². The number of nitrogens with zero attached hydrogens (tertiary/aromatic N) is 1. The third-order valence-electron chi connectivity index (χ3n) is 5.78. The highest BCUT2D eigenvalue weighted by Gasteiger charge is 2.27. The SMILES string of the molecule is Cc1ccc2c(c1)C[C@H](C(=O)NCC1CCN(Cc3ccc(C)o3)CC1)N2. The maximum Gasteiger partial charge on any atom is 0.242 e. The normalized spacial score (nSPS) is 20.3. The van der Waals surface area contributed by atoms with Crippen LogP contribution >= 0.6 is 0 Å². The first kappa shape index (κ1) is 18.1. The summed E-state index contributed by atoms with van der Waals surface area (Å²) in [5, 5.41) is 6.53. The lowest BCUT2D eigenvalue weighted by Gasteiger charge is -2.31. The minimum Gasteiger partial charge on any atom is -0.465 e. The van der Waals surface area contributed by atoms with Gasteiger partial charge < -0.3 is 15.1 Å². The van der Waals surface area contributed by atoms with E-state index in [9.17, 15) is 4.79 Å². The molecule has 0 radical (unpaired) electrons. The Labute approximate surface area is 161 Å². The van der Waals surface area contributed by atoms with Gasteiger partial charge in [-0.3, -0.25) is 9.69 Å². The second-order valence-electron chi connectivity index (χ2n) is 8.04. The van der Waals surface area contributed by atoms with Crippen LogP contribution < -0.4 is 10.6 Å². The van der Waals surface area contributed by atoms with Crippen LogP contribution in [0.4, 0.5) is 5.69 Å². The molecule has 27 heavy (non-hydrogen) atoms. The Hall–Kier alpha value is -2.27. The zero-order valence-electron chi connectivity index (χ0n) is 16.3. The molecule has 1 amide bonds. The minimum absolute atomic E-state index is 0.123. The lowest BCUT2D eigenvalue weighted by Crippen LogP contribution is -2.43. The molecule has 5 nitrogen and oxygen atoms in total. The average molecular weight is 367 g/mol. The van der Waals surface area contributed by atoms with Gasteiger partial charge in [0, 0.05) is 18.7 Å². The minimum atomic E-state index is -0.135. The van der Waals surface area contributed by atoms with Crippen molar-refractivity contribution in [3.05, 3.63) is 53.0 Å². The van der Waals surface area contributed by atoms with Crippen molar-refractivity contribution in [1.82, 2.24) is 10.2 Å². The number of fused-ring (bicyclic) bond motifs is 1. The van der Waals surface area contributed by atoms with E-state index >= 15 is 0 Å². The van der Waals surface area contributed by atoms with E-state index in [0.29, 0.717) is 5.92 Å². The predicted molar refractivity (Wildman–Crippen MR) is 107 cm³/mol. The van der Waals surface area contributed by atoms with E-state index in [0.717, 1.165) is 62.6 Å². The first-order valence-electron chi connectivity index (χ1n) is 9.98. The highest BCUT2D eigenvalue weighted by molar-refractivity contribution is 5.87. The van der Waals surface area contributed by atoms with Gasteiger partial charge in [-0.1, -0.05) is 17.7 Å². The van der Waals surface area contributed by atoms with Crippen molar-refractivity contribution in [2.75, 3.05) is 25.0 Å². The molecule has 1 aromatic carbocycles. The Morgan fingerprint density at radius 2 is 2.04 bits per heavy atom. The fourth-order valence-corrected chi connectivity index (χ4v) is 4.16. The maximum absolute atomic E-state index is 12.6. The molecule has 3 heterocycles. The predicted octanol–water partition coefficient (Wildman–Crippen LogP) is 3.26. The van der Waals surface area contributed by atoms with Crippen LogP contribution in [0.15, 0.2) is 34.7 Å². The number of benzene rings is 1. The summed E-state index contributed by atoms with van der Waals surface area (Å²) in [4.78, 5) is 15.0. The standard InChI is InChI=1S/C22H29N3O2/c1-15-3-6-20-18(11-15)12-21(24-20)22(26)23-13-17-7-9-25(10-8-17)14-19-5-4-16(2)27-19/h3-6,11,17,21,24H,7-10,12-14H2,1-2H3,(H,23,26)/t21-/m1/s1.